The predicted octanol–water partition coefficient (Wildman–Crippen LogP) is 4.57. The van der Waals surface area contributed by atoms with Gasteiger partial charge >= 0.3 is 0 Å². The van der Waals surface area contributed by atoms with Crippen LogP contribution in [0, 0.1) is 0 Å². The number of hydrogen-bond donors (Lipinski definition) is 3. The molecular weight excluding hydrogens is 655 g/mol. The second-order valence-electron chi connectivity index (χ2n) is 13.1. The van der Waals surface area contributed by atoms with Crippen LogP contribution in [0.25, 0.3) is 22.1 Å². The number of anilines is 6. The number of sulfonamides is 1. The van der Waals surface area contributed by atoms with Gasteiger partial charge in [-0.3, -0.25) is 19.2 Å². The number of aromatic nitrogens is 5. The molecule has 264 valence electrons. The highest BCUT2D eigenvalue weighted by molar-refractivity contribution is 7.92. The topological polar surface area (TPSA) is 148 Å². The SMILES string of the molecule is CCc1cc(Nc2nc(Nc3ccc4nccnc4c3N(C)S(C)(=O)=O)c3[nH]ccc3n2)c(OC)cc1N1CCC(N2CCN(C)CC2)CC1. The minimum atomic E-state index is -3.63. The van der Waals surface area contributed by atoms with Crippen molar-refractivity contribution < 1.29 is 13.2 Å². The standard InChI is InChI=1S/C35H45N11O3S/c1-6-23-21-28(30(49-4)22-29(23)46-15-10-24(11-16-46)45-19-17-43(2)18-20-45)41-35-40-26-9-12-37-32(26)34(42-35)39-27-8-7-25-31(38-14-13-36-25)33(27)44(3)50(5,47)48/h7-9,12-14,21-22,24,37H,6,10-11,15-20H2,1-5H3,(H2,39,40,41,42). The molecule has 0 spiro atoms. The molecule has 15 heteroatoms. The molecule has 0 unspecified atom stereocenters. The molecule has 7 rings (SSSR count). The van der Waals surface area contributed by atoms with Gasteiger partial charge in [0.05, 0.1) is 35.8 Å². The Morgan fingerprint density at radius 2 is 1.72 bits per heavy atom. The Labute approximate surface area is 292 Å². The fraction of sp³-hybridized carbons (Fsp3) is 0.429. The molecule has 3 aromatic heterocycles. The number of fused-ring (bicyclic) bond motifs is 2. The quantitative estimate of drug-likeness (QED) is 0.188. The lowest BCUT2D eigenvalue weighted by Crippen LogP contribution is -2.52. The third-order valence-electron chi connectivity index (χ3n) is 9.97. The molecule has 2 fully saturated rings. The number of aromatic amines is 1. The highest BCUT2D eigenvalue weighted by Gasteiger charge is 2.28. The van der Waals surface area contributed by atoms with Crippen LogP contribution in [0.3, 0.4) is 0 Å². The van der Waals surface area contributed by atoms with E-state index < -0.39 is 10.0 Å². The first-order chi connectivity index (χ1) is 24.1. The van der Waals surface area contributed by atoms with Crippen LogP contribution in [-0.4, -0.2) is 116 Å². The first-order valence-corrected chi connectivity index (χ1v) is 18.9. The second-order valence-corrected chi connectivity index (χ2v) is 15.1. The normalized spacial score (nSPS) is 16.6. The van der Waals surface area contributed by atoms with Crippen LogP contribution in [0.5, 0.6) is 5.75 Å². The van der Waals surface area contributed by atoms with Gasteiger partial charge in [0.1, 0.15) is 22.5 Å². The van der Waals surface area contributed by atoms with E-state index in [1.807, 2.05) is 6.07 Å². The van der Waals surface area contributed by atoms with Gasteiger partial charge in [-0.25, -0.2) is 13.4 Å². The molecule has 0 amide bonds. The molecule has 14 nitrogen and oxygen atoms in total. The number of hydrogen-bond acceptors (Lipinski definition) is 12. The number of piperidine rings is 1. The number of nitrogens with one attached hydrogen (secondary N) is 3. The van der Waals surface area contributed by atoms with E-state index in [0.29, 0.717) is 57.0 Å². The highest BCUT2D eigenvalue weighted by Crippen LogP contribution is 2.39. The van der Waals surface area contributed by atoms with E-state index in [1.165, 1.54) is 22.6 Å². The van der Waals surface area contributed by atoms with Gasteiger partial charge in [0.15, 0.2) is 5.82 Å². The molecule has 0 bridgehead atoms. The lowest BCUT2D eigenvalue weighted by Gasteiger charge is -2.43. The summed E-state index contributed by atoms with van der Waals surface area (Å²) in [4.78, 5) is 29.3. The Hall–Kier alpha value is -4.73. The average molecular weight is 700 g/mol. The fourth-order valence-electron chi connectivity index (χ4n) is 7.06. The van der Waals surface area contributed by atoms with Crippen molar-refractivity contribution in [2.45, 2.75) is 32.2 Å². The van der Waals surface area contributed by atoms with E-state index in [2.05, 4.69) is 66.4 Å². The van der Waals surface area contributed by atoms with Crippen LogP contribution >= 0.6 is 0 Å². The maximum absolute atomic E-state index is 12.7. The molecule has 50 heavy (non-hydrogen) atoms. The number of aryl methyl sites for hydroxylation is 1. The van der Waals surface area contributed by atoms with Crippen molar-refractivity contribution in [3.8, 4) is 5.75 Å². The molecule has 3 N–H and O–H groups in total. The minimum absolute atomic E-state index is 0.360. The monoisotopic (exact) mass is 699 g/mol. The maximum atomic E-state index is 12.7. The third-order valence-corrected chi connectivity index (χ3v) is 11.2. The van der Waals surface area contributed by atoms with Gasteiger partial charge in [-0.2, -0.15) is 4.98 Å². The van der Waals surface area contributed by atoms with Gasteiger partial charge in [-0.05, 0) is 56.1 Å². The summed E-state index contributed by atoms with van der Waals surface area (Å²) in [6, 6.07) is 10.4. The van der Waals surface area contributed by atoms with Crippen LogP contribution in [0.15, 0.2) is 48.9 Å². The predicted molar refractivity (Wildman–Crippen MR) is 200 cm³/mol. The van der Waals surface area contributed by atoms with Crippen molar-refractivity contribution in [3.63, 3.8) is 0 Å². The molecule has 2 aliphatic heterocycles. The van der Waals surface area contributed by atoms with E-state index >= 15 is 0 Å². The van der Waals surface area contributed by atoms with Crippen LogP contribution in [-0.2, 0) is 16.4 Å². The molecule has 0 radical (unpaired) electrons. The number of nitrogens with zero attached hydrogens (tertiary/aromatic N) is 8. The zero-order valence-corrected chi connectivity index (χ0v) is 30.1. The molecular formula is C35H45N11O3S. The number of rotatable bonds is 10. The summed E-state index contributed by atoms with van der Waals surface area (Å²) in [5.74, 6) is 1.53. The zero-order valence-electron chi connectivity index (χ0n) is 29.3. The smallest absolute Gasteiger partial charge is 0.232 e. The van der Waals surface area contributed by atoms with E-state index in [0.717, 1.165) is 70.5 Å². The largest absolute Gasteiger partial charge is 0.494 e. The summed E-state index contributed by atoms with van der Waals surface area (Å²) >= 11 is 0. The average Bonchev–Trinajstić information content (AvgIpc) is 3.60. The van der Waals surface area contributed by atoms with Gasteiger partial charge in [0.2, 0.25) is 16.0 Å². The maximum Gasteiger partial charge on any atom is 0.232 e. The molecule has 2 aromatic carbocycles. The number of ether oxygens (including phenoxy) is 1. The minimum Gasteiger partial charge on any atom is -0.494 e. The van der Waals surface area contributed by atoms with E-state index in [1.54, 1.807) is 37.8 Å². The van der Waals surface area contributed by atoms with E-state index in [9.17, 15) is 8.42 Å². The highest BCUT2D eigenvalue weighted by atomic mass is 32.2. The first-order valence-electron chi connectivity index (χ1n) is 17.1. The second kappa shape index (κ2) is 13.9. The summed E-state index contributed by atoms with van der Waals surface area (Å²) in [5.41, 5.74) is 6.41. The van der Waals surface area contributed by atoms with Crippen molar-refractivity contribution in [2.24, 2.45) is 0 Å². The summed E-state index contributed by atoms with van der Waals surface area (Å²) in [6.07, 6.45) is 9.23. The zero-order chi connectivity index (χ0) is 35.0. The Balaban J connectivity index is 1.18. The Morgan fingerprint density at radius 1 is 0.960 bits per heavy atom. The van der Waals surface area contributed by atoms with Gasteiger partial charge in [0, 0.05) is 82.7 Å². The third kappa shape index (κ3) is 6.72. The Bertz CT molecular complexity index is 2110. The van der Waals surface area contributed by atoms with Crippen LogP contribution < -0.4 is 24.6 Å². The lowest BCUT2D eigenvalue weighted by molar-refractivity contribution is 0.0982. The van der Waals surface area contributed by atoms with E-state index in [4.69, 9.17) is 14.7 Å². The molecule has 0 saturated carbocycles. The summed E-state index contributed by atoms with van der Waals surface area (Å²) in [6.45, 7) is 8.79. The molecule has 2 saturated heterocycles. The van der Waals surface area contributed by atoms with Gasteiger partial charge in [-0.1, -0.05) is 6.92 Å². The molecule has 5 aromatic rings. The Morgan fingerprint density at radius 3 is 2.44 bits per heavy atom. The number of likely N-dealkylation sites (N-methyl/N-ethyl adjacent to an activating group) is 1. The van der Waals surface area contributed by atoms with Gasteiger partial charge in [0.25, 0.3) is 0 Å². The van der Waals surface area contributed by atoms with Crippen molar-refractivity contribution >= 4 is 66.6 Å². The Kier molecular flexibility index (Phi) is 9.37. The number of benzene rings is 2. The fourth-order valence-corrected chi connectivity index (χ4v) is 7.58. The summed E-state index contributed by atoms with van der Waals surface area (Å²) in [7, 11) is 1.76. The van der Waals surface area contributed by atoms with Crippen LogP contribution in [0.1, 0.15) is 25.3 Å². The van der Waals surface area contributed by atoms with Gasteiger partial charge in [-0.15, -0.1) is 0 Å². The molecule has 0 atom stereocenters. The van der Waals surface area contributed by atoms with Crippen molar-refractivity contribution in [1.29, 1.82) is 0 Å². The summed E-state index contributed by atoms with van der Waals surface area (Å²) < 4.78 is 32.6. The molecule has 5 heterocycles. The first kappa shape index (κ1) is 33.8. The van der Waals surface area contributed by atoms with Gasteiger partial charge < -0.3 is 30.2 Å². The number of methoxy groups -OCH3 is 1. The lowest BCUT2D eigenvalue weighted by atomic mass is 9.99. The molecule has 0 aliphatic carbocycles. The molecule has 2 aliphatic rings. The van der Waals surface area contributed by atoms with E-state index in [-0.39, 0.29) is 0 Å². The van der Waals surface area contributed by atoms with Crippen molar-refractivity contribution in [3.05, 3.63) is 54.5 Å². The van der Waals surface area contributed by atoms with Crippen molar-refractivity contribution in [1.82, 2.24) is 34.7 Å². The van der Waals surface area contributed by atoms with Crippen LogP contribution in [0.2, 0.25) is 0 Å². The summed E-state index contributed by atoms with van der Waals surface area (Å²) in [5, 5.41) is 6.79. The van der Waals surface area contributed by atoms with Crippen LogP contribution in [0.4, 0.5) is 34.5 Å². The number of H-pyrrole nitrogens is 1. The van der Waals surface area contributed by atoms with Crippen molar-refractivity contribution in [2.75, 3.05) is 86.6 Å². The number of piperazine rings is 1.